The lowest BCUT2D eigenvalue weighted by Crippen LogP contribution is -2.19. The Morgan fingerprint density at radius 1 is 1.35 bits per heavy atom. The highest BCUT2D eigenvalue weighted by molar-refractivity contribution is 9.10. The highest BCUT2D eigenvalue weighted by Gasteiger charge is 2.22. The average molecular weight is 440 g/mol. The number of anilines is 2. The van der Waals surface area contributed by atoms with E-state index in [4.69, 9.17) is 16.3 Å². The van der Waals surface area contributed by atoms with E-state index >= 15 is 0 Å². The zero-order valence-electron chi connectivity index (χ0n) is 14.1. The largest absolute Gasteiger partial charge is 0.356 e. The molecular formula is C18H17BrClFN4O. The molecule has 8 heteroatoms. The topological polar surface area (TPSA) is 52.0 Å². The SMILES string of the molecule is Cc1c(F)cc2c(cnn2C2CCCCO2)c1Nc1ncc(Cl)cc1Br. The Morgan fingerprint density at radius 3 is 2.92 bits per heavy atom. The van der Waals surface area contributed by atoms with Gasteiger partial charge in [0, 0.05) is 29.8 Å². The summed E-state index contributed by atoms with van der Waals surface area (Å²) < 4.78 is 22.9. The van der Waals surface area contributed by atoms with E-state index in [1.165, 1.54) is 6.07 Å². The van der Waals surface area contributed by atoms with Crippen molar-refractivity contribution in [2.75, 3.05) is 11.9 Å². The molecule has 1 fully saturated rings. The molecular weight excluding hydrogens is 423 g/mol. The summed E-state index contributed by atoms with van der Waals surface area (Å²) in [5.74, 6) is 0.258. The van der Waals surface area contributed by atoms with E-state index in [0.717, 1.165) is 24.6 Å². The minimum atomic E-state index is -0.303. The predicted octanol–water partition coefficient (Wildman–Crippen LogP) is 5.74. The molecule has 1 N–H and O–H groups in total. The summed E-state index contributed by atoms with van der Waals surface area (Å²) in [5.41, 5.74) is 1.84. The smallest absolute Gasteiger partial charge is 0.150 e. The van der Waals surface area contributed by atoms with Gasteiger partial charge in [-0.25, -0.2) is 14.1 Å². The second-order valence-corrected chi connectivity index (χ2v) is 7.60. The van der Waals surface area contributed by atoms with Crippen LogP contribution in [0, 0.1) is 12.7 Å². The summed E-state index contributed by atoms with van der Waals surface area (Å²) in [6.07, 6.45) is 6.13. The van der Waals surface area contributed by atoms with Gasteiger partial charge in [0.25, 0.3) is 0 Å². The van der Waals surface area contributed by atoms with Crippen LogP contribution >= 0.6 is 27.5 Å². The number of ether oxygens (including phenoxy) is 1. The second-order valence-electron chi connectivity index (χ2n) is 6.31. The minimum Gasteiger partial charge on any atom is -0.356 e. The summed E-state index contributed by atoms with van der Waals surface area (Å²) in [5, 5.41) is 9.03. The molecule has 1 aromatic carbocycles. The Kier molecular flexibility index (Phi) is 4.86. The van der Waals surface area contributed by atoms with Crippen LogP contribution in [0.15, 0.2) is 29.0 Å². The fourth-order valence-electron chi connectivity index (χ4n) is 3.19. The molecule has 1 saturated heterocycles. The number of benzene rings is 1. The first kappa shape index (κ1) is 17.7. The number of nitrogens with one attached hydrogen (secondary N) is 1. The number of halogens is 3. The molecule has 1 unspecified atom stereocenters. The first-order chi connectivity index (χ1) is 12.5. The molecule has 1 aliphatic heterocycles. The molecule has 0 spiro atoms. The molecule has 0 aliphatic carbocycles. The molecule has 1 atom stereocenters. The Bertz CT molecular complexity index is 971. The van der Waals surface area contributed by atoms with Crippen LogP contribution in [0.5, 0.6) is 0 Å². The Labute approximate surface area is 163 Å². The molecule has 0 saturated carbocycles. The highest BCUT2D eigenvalue weighted by Crippen LogP contribution is 2.36. The predicted molar refractivity (Wildman–Crippen MR) is 103 cm³/mol. The normalized spacial score (nSPS) is 17.6. The molecule has 2 aromatic heterocycles. The van der Waals surface area contributed by atoms with Gasteiger partial charge in [-0.3, -0.25) is 0 Å². The van der Waals surface area contributed by atoms with E-state index < -0.39 is 0 Å². The van der Waals surface area contributed by atoms with Gasteiger partial charge in [0.05, 0.1) is 26.9 Å². The molecule has 4 rings (SSSR count). The zero-order chi connectivity index (χ0) is 18.3. The van der Waals surface area contributed by atoms with Crippen molar-refractivity contribution >= 4 is 49.9 Å². The van der Waals surface area contributed by atoms with Gasteiger partial charge in [-0.15, -0.1) is 0 Å². The quantitative estimate of drug-likeness (QED) is 0.565. The summed E-state index contributed by atoms with van der Waals surface area (Å²) >= 11 is 9.39. The van der Waals surface area contributed by atoms with E-state index in [9.17, 15) is 4.39 Å². The maximum Gasteiger partial charge on any atom is 0.150 e. The van der Waals surface area contributed by atoms with Crippen LogP contribution in [0.25, 0.3) is 10.9 Å². The highest BCUT2D eigenvalue weighted by atomic mass is 79.9. The summed E-state index contributed by atoms with van der Waals surface area (Å²) in [4.78, 5) is 4.28. The first-order valence-electron chi connectivity index (χ1n) is 8.40. The molecule has 136 valence electrons. The standard InChI is InChI=1S/C18H17BrClFN4O/c1-10-14(21)7-15-12(9-23-25(15)16-4-2-3-5-26-16)17(10)24-18-13(19)6-11(20)8-22-18/h6-9,16H,2-5H2,1H3,(H,22,24). The maximum absolute atomic E-state index is 14.6. The van der Waals surface area contributed by atoms with Crippen molar-refractivity contribution in [2.45, 2.75) is 32.4 Å². The summed E-state index contributed by atoms with van der Waals surface area (Å²) in [6.45, 7) is 2.43. The van der Waals surface area contributed by atoms with Gasteiger partial charge >= 0.3 is 0 Å². The molecule has 3 heterocycles. The maximum atomic E-state index is 14.6. The molecule has 26 heavy (non-hydrogen) atoms. The van der Waals surface area contributed by atoms with Gasteiger partial charge in [-0.05, 0) is 48.2 Å². The molecule has 0 bridgehead atoms. The first-order valence-corrected chi connectivity index (χ1v) is 9.57. The van der Waals surface area contributed by atoms with Gasteiger partial charge in [-0.2, -0.15) is 5.10 Å². The Balaban J connectivity index is 1.80. The second kappa shape index (κ2) is 7.13. The van der Waals surface area contributed by atoms with Gasteiger partial charge in [0.1, 0.15) is 11.6 Å². The van der Waals surface area contributed by atoms with Gasteiger partial charge in [0.15, 0.2) is 6.23 Å². The van der Waals surface area contributed by atoms with E-state index in [1.807, 2.05) is 0 Å². The number of fused-ring (bicyclic) bond motifs is 1. The van der Waals surface area contributed by atoms with Crippen molar-refractivity contribution in [1.29, 1.82) is 0 Å². The number of rotatable bonds is 3. The van der Waals surface area contributed by atoms with Crippen molar-refractivity contribution in [3.8, 4) is 0 Å². The third kappa shape index (κ3) is 3.19. The van der Waals surface area contributed by atoms with Crippen LogP contribution < -0.4 is 5.32 Å². The molecule has 5 nitrogen and oxygen atoms in total. The number of pyridine rings is 1. The number of hydrogen-bond acceptors (Lipinski definition) is 4. The molecule has 0 amide bonds. The lowest BCUT2D eigenvalue weighted by Gasteiger charge is -2.23. The van der Waals surface area contributed by atoms with Gasteiger partial charge < -0.3 is 10.1 Å². The minimum absolute atomic E-state index is 0.156. The number of aromatic nitrogens is 3. The van der Waals surface area contributed by atoms with Crippen LogP contribution in [0.2, 0.25) is 5.02 Å². The third-order valence-electron chi connectivity index (χ3n) is 4.58. The summed E-state index contributed by atoms with van der Waals surface area (Å²) in [7, 11) is 0. The van der Waals surface area contributed by atoms with E-state index in [-0.39, 0.29) is 12.0 Å². The van der Waals surface area contributed by atoms with Crippen molar-refractivity contribution in [3.63, 3.8) is 0 Å². The van der Waals surface area contributed by atoms with Crippen molar-refractivity contribution in [2.24, 2.45) is 0 Å². The van der Waals surface area contributed by atoms with E-state index in [0.29, 0.717) is 38.7 Å². The van der Waals surface area contributed by atoms with Crippen molar-refractivity contribution in [1.82, 2.24) is 14.8 Å². The lowest BCUT2D eigenvalue weighted by atomic mass is 10.1. The Hall–Kier alpha value is -1.70. The van der Waals surface area contributed by atoms with Crippen LogP contribution in [0.4, 0.5) is 15.9 Å². The van der Waals surface area contributed by atoms with Crippen LogP contribution in [0.3, 0.4) is 0 Å². The molecule has 0 radical (unpaired) electrons. The number of hydrogen-bond donors (Lipinski definition) is 1. The molecule has 3 aromatic rings. The van der Waals surface area contributed by atoms with Gasteiger partial charge in [0.2, 0.25) is 0 Å². The van der Waals surface area contributed by atoms with Crippen molar-refractivity contribution in [3.05, 3.63) is 45.4 Å². The fourth-order valence-corrected chi connectivity index (χ4v) is 3.93. The summed E-state index contributed by atoms with van der Waals surface area (Å²) in [6, 6.07) is 3.26. The zero-order valence-corrected chi connectivity index (χ0v) is 16.4. The molecule has 1 aliphatic rings. The lowest BCUT2D eigenvalue weighted by molar-refractivity contribution is -0.0366. The average Bonchev–Trinajstić information content (AvgIpc) is 3.04. The van der Waals surface area contributed by atoms with Crippen LogP contribution in [0.1, 0.15) is 31.1 Å². The van der Waals surface area contributed by atoms with E-state index in [2.05, 4.69) is 31.3 Å². The fraction of sp³-hybridized carbons (Fsp3) is 0.333. The third-order valence-corrected chi connectivity index (χ3v) is 5.39. The van der Waals surface area contributed by atoms with Crippen LogP contribution in [-0.4, -0.2) is 21.4 Å². The monoisotopic (exact) mass is 438 g/mol. The van der Waals surface area contributed by atoms with E-state index in [1.54, 1.807) is 30.1 Å². The Morgan fingerprint density at radius 2 is 2.19 bits per heavy atom. The van der Waals surface area contributed by atoms with Crippen LogP contribution in [-0.2, 0) is 4.74 Å². The van der Waals surface area contributed by atoms with Crippen molar-refractivity contribution < 1.29 is 9.13 Å². The number of nitrogens with zero attached hydrogens (tertiary/aromatic N) is 3. The van der Waals surface area contributed by atoms with Gasteiger partial charge in [-0.1, -0.05) is 11.6 Å².